The monoisotopic (exact) mass is 486 g/mol. The van der Waals surface area contributed by atoms with Gasteiger partial charge < -0.3 is 14.9 Å². The molecule has 5 aliphatic carbocycles. The van der Waals surface area contributed by atoms with Crippen molar-refractivity contribution in [3.63, 3.8) is 0 Å². The molecule has 198 valence electrons. The molecule has 0 unspecified atom stereocenters. The van der Waals surface area contributed by atoms with Crippen LogP contribution < -0.4 is 0 Å². The van der Waals surface area contributed by atoms with Gasteiger partial charge in [0.2, 0.25) is 0 Å². The molecule has 5 aliphatic rings. The first kappa shape index (κ1) is 25.8. The lowest BCUT2D eigenvalue weighted by molar-refractivity contribution is -0.209. The van der Waals surface area contributed by atoms with Crippen molar-refractivity contribution in [1.29, 1.82) is 0 Å². The van der Waals surface area contributed by atoms with Gasteiger partial charge >= 0.3 is 5.97 Å². The summed E-state index contributed by atoms with van der Waals surface area (Å²) in [5.41, 5.74) is 1.07. The summed E-state index contributed by atoms with van der Waals surface area (Å²) in [6.07, 6.45) is 10.4. The molecular weight excluding hydrogens is 436 g/mol. The quantitative estimate of drug-likeness (QED) is 0.337. The number of methoxy groups -OCH3 is 1. The maximum Gasteiger partial charge on any atom is 0.312 e. The van der Waals surface area contributed by atoms with Crippen LogP contribution in [0.4, 0.5) is 0 Å². The second-order valence-electron chi connectivity index (χ2n) is 15.3. The molecule has 2 N–H and O–H groups in total. The van der Waals surface area contributed by atoms with Crippen LogP contribution in [0.5, 0.6) is 0 Å². The number of aliphatic hydroxyl groups is 2. The minimum Gasteiger partial charge on any atom is -0.469 e. The number of fused-ring (bicyclic) bond motifs is 7. The van der Waals surface area contributed by atoms with Gasteiger partial charge in [0.15, 0.2) is 0 Å². The van der Waals surface area contributed by atoms with E-state index in [1.54, 1.807) is 0 Å². The smallest absolute Gasteiger partial charge is 0.312 e. The Hall–Kier alpha value is -0.870. The maximum absolute atomic E-state index is 13.4. The van der Waals surface area contributed by atoms with Gasteiger partial charge in [-0.15, -0.1) is 0 Å². The predicted molar refractivity (Wildman–Crippen MR) is 138 cm³/mol. The zero-order chi connectivity index (χ0) is 25.8. The van der Waals surface area contributed by atoms with Gasteiger partial charge in [0.05, 0.1) is 24.7 Å². The van der Waals surface area contributed by atoms with E-state index in [0.717, 1.165) is 38.5 Å². The highest BCUT2D eigenvalue weighted by Crippen LogP contribution is 2.75. The Morgan fingerprint density at radius 3 is 2.23 bits per heavy atom. The number of rotatable bonds is 1. The normalized spacial score (nSPS) is 52.2. The Kier molecular flexibility index (Phi) is 5.59. The third-order valence-corrected chi connectivity index (χ3v) is 13.4. The number of hydrogen-bond donors (Lipinski definition) is 2. The van der Waals surface area contributed by atoms with Gasteiger partial charge in [-0.1, -0.05) is 60.1 Å². The lowest BCUT2D eigenvalue weighted by Gasteiger charge is -2.71. The minimum absolute atomic E-state index is 0.0463. The van der Waals surface area contributed by atoms with Crippen molar-refractivity contribution in [3.05, 3.63) is 11.6 Å². The standard InChI is InChI=1S/C31H50O4/c1-26(2)17-20-19-9-10-22-28(5)13-12-23(32)27(3,4)21(28)11-14-30(22,7)29(19,6)15-16-31(20,18-24(26)33)25(34)35-8/h9,20-24,32-33H,10-18H2,1-8H3/t20-,21+,22-,23-,24-,28-,29+,30+,31+/m0/s1. The van der Waals surface area contributed by atoms with Crippen LogP contribution in [0.3, 0.4) is 0 Å². The molecule has 0 aromatic carbocycles. The second kappa shape index (κ2) is 7.59. The number of aliphatic hydroxyl groups excluding tert-OH is 2. The molecule has 9 atom stereocenters. The largest absolute Gasteiger partial charge is 0.469 e. The first-order chi connectivity index (χ1) is 16.1. The topological polar surface area (TPSA) is 66.8 Å². The molecule has 4 saturated carbocycles. The lowest BCUT2D eigenvalue weighted by Crippen LogP contribution is -2.65. The molecule has 0 saturated heterocycles. The average Bonchev–Trinajstić information content (AvgIpc) is 2.77. The number of ether oxygens (including phenoxy) is 1. The summed E-state index contributed by atoms with van der Waals surface area (Å²) in [6.45, 7) is 16.6. The first-order valence-corrected chi connectivity index (χ1v) is 14.3. The Bertz CT molecular complexity index is 934. The summed E-state index contributed by atoms with van der Waals surface area (Å²) >= 11 is 0. The Morgan fingerprint density at radius 2 is 1.57 bits per heavy atom. The number of allylic oxidation sites excluding steroid dienone is 2. The number of carbonyl (C=O) groups excluding carboxylic acids is 1. The fourth-order valence-electron chi connectivity index (χ4n) is 10.8. The highest BCUT2D eigenvalue weighted by Gasteiger charge is 2.70. The Morgan fingerprint density at radius 1 is 0.886 bits per heavy atom. The molecule has 0 aromatic rings. The van der Waals surface area contributed by atoms with Crippen molar-refractivity contribution in [2.45, 2.75) is 118 Å². The van der Waals surface area contributed by atoms with E-state index in [1.807, 2.05) is 0 Å². The SMILES string of the molecule is COC(=O)[C@@]12CC[C@]3(C)C(=CC[C@H]4[C@@]5(C)CC[C@H](O)C(C)(C)[C@H]5CC[C@]43C)[C@@H]1CC(C)(C)[C@@H](O)C2. The van der Waals surface area contributed by atoms with E-state index < -0.39 is 11.5 Å². The van der Waals surface area contributed by atoms with E-state index in [-0.39, 0.29) is 45.1 Å². The summed E-state index contributed by atoms with van der Waals surface area (Å²) in [5, 5.41) is 22.0. The Balaban J connectivity index is 1.60. The summed E-state index contributed by atoms with van der Waals surface area (Å²) in [7, 11) is 1.52. The molecule has 0 aliphatic heterocycles. The fourth-order valence-corrected chi connectivity index (χ4v) is 10.8. The van der Waals surface area contributed by atoms with Crippen molar-refractivity contribution in [1.82, 2.24) is 0 Å². The van der Waals surface area contributed by atoms with E-state index in [2.05, 4.69) is 54.5 Å². The third kappa shape index (κ3) is 3.08. The third-order valence-electron chi connectivity index (χ3n) is 13.4. The lowest BCUT2D eigenvalue weighted by atomic mass is 9.33. The molecule has 0 spiro atoms. The summed E-state index contributed by atoms with van der Waals surface area (Å²) < 4.78 is 5.43. The van der Waals surface area contributed by atoms with E-state index in [4.69, 9.17) is 4.74 Å². The fraction of sp³-hybridized carbons (Fsp3) is 0.903. The summed E-state index contributed by atoms with van der Waals surface area (Å²) in [5.74, 6) is 1.14. The Labute approximate surface area is 213 Å². The molecule has 4 heteroatoms. The van der Waals surface area contributed by atoms with Crippen LogP contribution in [0.1, 0.15) is 106 Å². The highest BCUT2D eigenvalue weighted by atomic mass is 16.5. The molecule has 0 aromatic heterocycles. The highest BCUT2D eigenvalue weighted by molar-refractivity contribution is 5.78. The average molecular weight is 487 g/mol. The molecule has 0 amide bonds. The van der Waals surface area contributed by atoms with Crippen molar-refractivity contribution in [3.8, 4) is 0 Å². The number of esters is 1. The maximum atomic E-state index is 13.4. The molecule has 4 nitrogen and oxygen atoms in total. The van der Waals surface area contributed by atoms with E-state index in [9.17, 15) is 15.0 Å². The predicted octanol–water partition coefficient (Wildman–Crippen LogP) is 6.29. The van der Waals surface area contributed by atoms with Crippen molar-refractivity contribution in [2.24, 2.45) is 50.2 Å². The number of carbonyl (C=O) groups is 1. The van der Waals surface area contributed by atoms with Gasteiger partial charge in [-0.05, 0) is 103 Å². The van der Waals surface area contributed by atoms with E-state index >= 15 is 0 Å². The zero-order valence-electron chi connectivity index (χ0n) is 23.5. The van der Waals surface area contributed by atoms with Gasteiger partial charge in [-0.25, -0.2) is 0 Å². The van der Waals surface area contributed by atoms with Crippen LogP contribution in [0, 0.1) is 50.2 Å². The zero-order valence-corrected chi connectivity index (χ0v) is 23.5. The van der Waals surface area contributed by atoms with Crippen LogP contribution in [-0.2, 0) is 9.53 Å². The van der Waals surface area contributed by atoms with Crippen molar-refractivity contribution >= 4 is 5.97 Å². The van der Waals surface area contributed by atoms with Crippen molar-refractivity contribution in [2.75, 3.05) is 7.11 Å². The molecule has 4 fully saturated rings. The molecule has 35 heavy (non-hydrogen) atoms. The van der Waals surface area contributed by atoms with Gasteiger partial charge in [-0.3, -0.25) is 4.79 Å². The van der Waals surface area contributed by atoms with Crippen molar-refractivity contribution < 1.29 is 19.7 Å². The molecule has 0 bridgehead atoms. The summed E-state index contributed by atoms with van der Waals surface area (Å²) in [6, 6.07) is 0. The van der Waals surface area contributed by atoms with Gasteiger partial charge in [0.25, 0.3) is 0 Å². The molecule has 5 rings (SSSR count). The van der Waals surface area contributed by atoms with Gasteiger partial charge in [0.1, 0.15) is 0 Å². The van der Waals surface area contributed by atoms with Gasteiger partial charge in [0, 0.05) is 0 Å². The van der Waals surface area contributed by atoms with E-state index in [1.165, 1.54) is 25.5 Å². The van der Waals surface area contributed by atoms with Crippen LogP contribution in [0.2, 0.25) is 0 Å². The molecule has 0 radical (unpaired) electrons. The van der Waals surface area contributed by atoms with Gasteiger partial charge in [-0.2, -0.15) is 0 Å². The van der Waals surface area contributed by atoms with Crippen LogP contribution in [0.15, 0.2) is 11.6 Å². The van der Waals surface area contributed by atoms with Crippen LogP contribution >= 0.6 is 0 Å². The van der Waals surface area contributed by atoms with Crippen LogP contribution in [-0.4, -0.2) is 35.5 Å². The van der Waals surface area contributed by atoms with Crippen LogP contribution in [0.25, 0.3) is 0 Å². The molecule has 0 heterocycles. The molecular formula is C31H50O4. The second-order valence-corrected chi connectivity index (χ2v) is 15.3. The van der Waals surface area contributed by atoms with E-state index in [0.29, 0.717) is 18.3 Å². The summed E-state index contributed by atoms with van der Waals surface area (Å²) in [4.78, 5) is 13.4. The minimum atomic E-state index is -0.601. The first-order valence-electron chi connectivity index (χ1n) is 14.3. The number of hydrogen-bond acceptors (Lipinski definition) is 4.